The van der Waals surface area contributed by atoms with Gasteiger partial charge >= 0.3 is 0 Å². The molecule has 3 rings (SSSR count). The first-order valence-corrected chi connectivity index (χ1v) is 8.94. The largest absolute Gasteiger partial charge is 0.366 e. The molecule has 0 saturated carbocycles. The van der Waals surface area contributed by atoms with Crippen LogP contribution in [0.4, 0.5) is 17.5 Å². The Labute approximate surface area is 130 Å². The minimum absolute atomic E-state index is 0.0743. The Hall–Kier alpha value is -2.15. The van der Waals surface area contributed by atoms with Crippen molar-refractivity contribution < 1.29 is 8.42 Å². The highest BCUT2D eigenvalue weighted by Gasteiger charge is 2.28. The number of hydrogen-bond donors (Lipinski definition) is 1. The van der Waals surface area contributed by atoms with Gasteiger partial charge in [0.1, 0.15) is 5.82 Å². The zero-order valence-electron chi connectivity index (χ0n) is 12.3. The fraction of sp³-hybridized carbons (Fsp3) is 0.333. The molecule has 1 aliphatic heterocycles. The second-order valence-electron chi connectivity index (χ2n) is 5.38. The fourth-order valence-electron chi connectivity index (χ4n) is 2.48. The van der Waals surface area contributed by atoms with Crippen molar-refractivity contribution in [2.45, 2.75) is 12.5 Å². The first kappa shape index (κ1) is 14.8. The van der Waals surface area contributed by atoms with Gasteiger partial charge in [0, 0.05) is 25.0 Å². The fourth-order valence-corrected chi connectivity index (χ4v) is 4.15. The van der Waals surface area contributed by atoms with Crippen LogP contribution < -0.4 is 10.2 Å². The monoisotopic (exact) mass is 318 g/mol. The Morgan fingerprint density at radius 3 is 2.68 bits per heavy atom. The van der Waals surface area contributed by atoms with Crippen LogP contribution in [0.15, 0.2) is 42.6 Å². The van der Waals surface area contributed by atoms with Gasteiger partial charge in [0.25, 0.3) is 0 Å². The Morgan fingerprint density at radius 2 is 2.00 bits per heavy atom. The van der Waals surface area contributed by atoms with Crippen molar-refractivity contribution in [3.05, 3.63) is 42.6 Å². The van der Waals surface area contributed by atoms with E-state index in [1.165, 1.54) is 0 Å². The second kappa shape index (κ2) is 5.92. The van der Waals surface area contributed by atoms with Crippen molar-refractivity contribution in [2.75, 3.05) is 28.8 Å². The first-order chi connectivity index (χ1) is 10.5. The molecule has 1 aromatic carbocycles. The summed E-state index contributed by atoms with van der Waals surface area (Å²) in [7, 11) is -1.00. The molecule has 0 bridgehead atoms. The summed E-state index contributed by atoms with van der Waals surface area (Å²) in [5.74, 6) is 1.62. The summed E-state index contributed by atoms with van der Waals surface area (Å²) < 4.78 is 23.0. The van der Waals surface area contributed by atoms with E-state index in [9.17, 15) is 8.42 Å². The third-order valence-corrected chi connectivity index (χ3v) is 5.44. The highest BCUT2D eigenvalue weighted by atomic mass is 32.2. The lowest BCUT2D eigenvalue weighted by Gasteiger charge is -2.18. The molecule has 1 unspecified atom stereocenters. The van der Waals surface area contributed by atoms with Crippen LogP contribution in [0.2, 0.25) is 0 Å². The number of para-hydroxylation sites is 1. The Balaban J connectivity index is 1.76. The normalized spacial score (nSPS) is 19.8. The van der Waals surface area contributed by atoms with E-state index in [1.54, 1.807) is 12.3 Å². The van der Waals surface area contributed by atoms with Gasteiger partial charge in [-0.3, -0.25) is 0 Å². The summed E-state index contributed by atoms with van der Waals surface area (Å²) >= 11 is 0. The lowest BCUT2D eigenvalue weighted by molar-refractivity contribution is 0.602. The molecule has 2 aromatic rings. The van der Waals surface area contributed by atoms with E-state index in [4.69, 9.17) is 0 Å². The molecule has 1 N–H and O–H groups in total. The van der Waals surface area contributed by atoms with Gasteiger partial charge in [-0.1, -0.05) is 18.2 Å². The van der Waals surface area contributed by atoms with Crippen molar-refractivity contribution in [2.24, 2.45) is 0 Å². The van der Waals surface area contributed by atoms with Crippen LogP contribution in [0, 0.1) is 0 Å². The third kappa shape index (κ3) is 3.36. The number of nitrogens with zero attached hydrogens (tertiary/aromatic N) is 3. The van der Waals surface area contributed by atoms with Crippen molar-refractivity contribution in [3.63, 3.8) is 0 Å². The number of anilines is 3. The van der Waals surface area contributed by atoms with Crippen LogP contribution in [0.25, 0.3) is 0 Å². The van der Waals surface area contributed by atoms with Crippen molar-refractivity contribution in [1.82, 2.24) is 9.97 Å². The van der Waals surface area contributed by atoms with Crippen molar-refractivity contribution in [3.8, 4) is 0 Å². The molecule has 1 saturated heterocycles. The van der Waals surface area contributed by atoms with Gasteiger partial charge in [0.2, 0.25) is 5.95 Å². The van der Waals surface area contributed by atoms with Crippen LogP contribution in [0.3, 0.4) is 0 Å². The van der Waals surface area contributed by atoms with Gasteiger partial charge in [0.15, 0.2) is 9.84 Å². The van der Waals surface area contributed by atoms with E-state index >= 15 is 0 Å². The molecular weight excluding hydrogens is 300 g/mol. The predicted molar refractivity (Wildman–Crippen MR) is 87.2 cm³/mol. The molecule has 7 heteroatoms. The lowest BCUT2D eigenvalue weighted by Crippen LogP contribution is -2.22. The van der Waals surface area contributed by atoms with E-state index in [0.717, 1.165) is 5.69 Å². The summed E-state index contributed by atoms with van der Waals surface area (Å²) in [6, 6.07) is 11.5. The average molecular weight is 318 g/mol. The zero-order valence-corrected chi connectivity index (χ0v) is 13.1. The summed E-state index contributed by atoms with van der Waals surface area (Å²) in [4.78, 5) is 10.6. The summed E-state index contributed by atoms with van der Waals surface area (Å²) in [6.07, 6.45) is 2.30. The maximum atomic E-state index is 11.5. The molecule has 1 fully saturated rings. The third-order valence-electron chi connectivity index (χ3n) is 3.67. The Morgan fingerprint density at radius 1 is 1.23 bits per heavy atom. The smallest absolute Gasteiger partial charge is 0.231 e. The standard InChI is InChI=1S/C15H18N4O2S/c1-19(13-5-3-2-4-6-13)15-16-9-7-14(18-15)17-12-8-10-22(20,21)11-12/h2-7,9,12H,8,10-11H2,1H3,(H,16,17,18). The highest BCUT2D eigenvalue weighted by molar-refractivity contribution is 7.91. The molecule has 22 heavy (non-hydrogen) atoms. The van der Waals surface area contributed by atoms with Crippen molar-refractivity contribution >= 4 is 27.3 Å². The molecule has 1 atom stereocenters. The second-order valence-corrected chi connectivity index (χ2v) is 7.61. The molecule has 1 aliphatic rings. The van der Waals surface area contributed by atoms with Gasteiger partial charge in [0.05, 0.1) is 11.5 Å². The molecule has 0 spiro atoms. The van der Waals surface area contributed by atoms with Gasteiger partial charge in [-0.25, -0.2) is 13.4 Å². The van der Waals surface area contributed by atoms with Crippen LogP contribution in [-0.4, -0.2) is 43.0 Å². The first-order valence-electron chi connectivity index (χ1n) is 7.12. The van der Waals surface area contributed by atoms with Crippen LogP contribution in [0.1, 0.15) is 6.42 Å². The van der Waals surface area contributed by atoms with Gasteiger partial charge in [-0.05, 0) is 24.6 Å². The van der Waals surface area contributed by atoms with Gasteiger partial charge in [-0.15, -0.1) is 0 Å². The molecular formula is C15H18N4O2S. The van der Waals surface area contributed by atoms with Crippen molar-refractivity contribution in [1.29, 1.82) is 0 Å². The Kier molecular flexibility index (Phi) is 3.98. The molecule has 2 heterocycles. The molecule has 116 valence electrons. The molecule has 0 amide bonds. The summed E-state index contributed by atoms with van der Waals surface area (Å²) in [6.45, 7) is 0. The van der Waals surface area contributed by atoms with Crippen LogP contribution >= 0.6 is 0 Å². The maximum Gasteiger partial charge on any atom is 0.231 e. The number of sulfone groups is 1. The number of rotatable bonds is 4. The number of benzene rings is 1. The van der Waals surface area contributed by atoms with E-state index < -0.39 is 9.84 Å². The minimum atomic E-state index is -2.90. The van der Waals surface area contributed by atoms with E-state index in [1.807, 2.05) is 42.3 Å². The maximum absolute atomic E-state index is 11.5. The molecule has 6 nitrogen and oxygen atoms in total. The Bertz CT molecular complexity index is 749. The van der Waals surface area contributed by atoms with E-state index in [-0.39, 0.29) is 17.5 Å². The SMILES string of the molecule is CN(c1ccccc1)c1nccc(NC2CCS(=O)(=O)C2)n1. The minimum Gasteiger partial charge on any atom is -0.366 e. The number of aromatic nitrogens is 2. The molecule has 0 aliphatic carbocycles. The van der Waals surface area contributed by atoms with E-state index in [0.29, 0.717) is 18.2 Å². The zero-order chi connectivity index (χ0) is 15.6. The van der Waals surface area contributed by atoms with E-state index in [2.05, 4.69) is 15.3 Å². The van der Waals surface area contributed by atoms with Gasteiger partial charge in [-0.2, -0.15) is 4.98 Å². The highest BCUT2D eigenvalue weighted by Crippen LogP contribution is 2.21. The van der Waals surface area contributed by atoms with Crippen LogP contribution in [0.5, 0.6) is 0 Å². The predicted octanol–water partition coefficient (Wildman–Crippen LogP) is 1.84. The van der Waals surface area contributed by atoms with Crippen LogP contribution in [-0.2, 0) is 9.84 Å². The summed E-state index contributed by atoms with van der Waals surface area (Å²) in [5, 5.41) is 3.19. The molecule has 1 aromatic heterocycles. The topological polar surface area (TPSA) is 75.2 Å². The molecule has 0 radical (unpaired) electrons. The summed E-state index contributed by atoms with van der Waals surface area (Å²) in [5.41, 5.74) is 0.989. The average Bonchev–Trinajstić information content (AvgIpc) is 2.86. The number of hydrogen-bond acceptors (Lipinski definition) is 6. The quantitative estimate of drug-likeness (QED) is 0.927. The number of nitrogens with one attached hydrogen (secondary N) is 1. The lowest BCUT2D eigenvalue weighted by atomic mass is 10.2. The van der Waals surface area contributed by atoms with Gasteiger partial charge < -0.3 is 10.2 Å².